The second-order valence-corrected chi connectivity index (χ2v) is 4.88. The Bertz CT molecular complexity index is 377. The van der Waals surface area contributed by atoms with E-state index in [1.165, 1.54) is 24.8 Å². The fourth-order valence-electron chi connectivity index (χ4n) is 2.19. The molecule has 1 aliphatic carbocycles. The molecule has 0 bridgehead atoms. The van der Waals surface area contributed by atoms with Gasteiger partial charge in [-0.1, -0.05) is 36.8 Å². The third-order valence-electron chi connectivity index (χ3n) is 3.49. The molecule has 1 aromatic carbocycles. The number of hydrogen-bond donors (Lipinski definition) is 2. The molecule has 0 heterocycles. The highest BCUT2D eigenvalue weighted by Crippen LogP contribution is 2.37. The topological polar surface area (TPSA) is 55.1 Å². The zero-order valence-corrected chi connectivity index (χ0v) is 11.5. The predicted molar refractivity (Wildman–Crippen MR) is 75.6 cm³/mol. The Labute approximate surface area is 115 Å². The average Bonchev–Trinajstić information content (AvgIpc) is 2.26. The van der Waals surface area contributed by atoms with E-state index in [4.69, 9.17) is 5.73 Å². The molecule has 1 aromatic rings. The van der Waals surface area contributed by atoms with Crippen LogP contribution in [0.1, 0.15) is 37.8 Å². The van der Waals surface area contributed by atoms with Gasteiger partial charge in [0.05, 0.1) is 12.1 Å². The van der Waals surface area contributed by atoms with E-state index in [2.05, 4.69) is 17.4 Å². The molecule has 0 spiro atoms. The first-order chi connectivity index (χ1) is 8.18. The van der Waals surface area contributed by atoms with Crippen molar-refractivity contribution >= 4 is 18.3 Å². The van der Waals surface area contributed by atoms with Crippen molar-refractivity contribution < 1.29 is 4.79 Å². The molecule has 2 atom stereocenters. The van der Waals surface area contributed by atoms with Crippen LogP contribution < -0.4 is 11.1 Å². The van der Waals surface area contributed by atoms with Crippen molar-refractivity contribution in [2.45, 2.75) is 38.3 Å². The Morgan fingerprint density at radius 1 is 1.33 bits per heavy atom. The molecule has 0 saturated heterocycles. The smallest absolute Gasteiger partial charge is 0.237 e. The number of halogens is 1. The maximum Gasteiger partial charge on any atom is 0.237 e. The van der Waals surface area contributed by atoms with Crippen molar-refractivity contribution in [2.24, 2.45) is 11.7 Å². The minimum absolute atomic E-state index is 0. The summed E-state index contributed by atoms with van der Waals surface area (Å²) in [4.78, 5) is 11.7. The Kier molecular flexibility index (Phi) is 5.63. The Balaban J connectivity index is 0.00000162. The largest absolute Gasteiger partial charge is 0.348 e. The van der Waals surface area contributed by atoms with Gasteiger partial charge in [0.15, 0.2) is 0 Å². The zero-order chi connectivity index (χ0) is 12.3. The Morgan fingerprint density at radius 2 is 1.94 bits per heavy atom. The molecule has 4 heteroatoms. The SMILES string of the molecule is C[C@H](N)C(=O)NC(c1ccccc1)C1CCC1.Cl. The summed E-state index contributed by atoms with van der Waals surface area (Å²) in [6, 6.07) is 9.85. The summed E-state index contributed by atoms with van der Waals surface area (Å²) in [5.74, 6) is 0.505. The van der Waals surface area contributed by atoms with Crippen LogP contribution in [0.25, 0.3) is 0 Å². The van der Waals surface area contributed by atoms with Crippen molar-refractivity contribution in [2.75, 3.05) is 0 Å². The fourth-order valence-corrected chi connectivity index (χ4v) is 2.19. The first-order valence-electron chi connectivity index (χ1n) is 6.29. The average molecular weight is 269 g/mol. The quantitative estimate of drug-likeness (QED) is 0.881. The van der Waals surface area contributed by atoms with Crippen molar-refractivity contribution in [3.63, 3.8) is 0 Å². The summed E-state index contributed by atoms with van der Waals surface area (Å²) in [5, 5.41) is 3.07. The van der Waals surface area contributed by atoms with Gasteiger partial charge in [-0.15, -0.1) is 12.4 Å². The van der Waals surface area contributed by atoms with Crippen molar-refractivity contribution in [3.05, 3.63) is 35.9 Å². The molecule has 0 aliphatic heterocycles. The molecular formula is C14H21ClN2O. The minimum Gasteiger partial charge on any atom is -0.348 e. The molecule has 3 nitrogen and oxygen atoms in total. The van der Waals surface area contributed by atoms with E-state index in [0.717, 1.165) is 0 Å². The zero-order valence-electron chi connectivity index (χ0n) is 10.6. The third-order valence-corrected chi connectivity index (χ3v) is 3.49. The number of hydrogen-bond acceptors (Lipinski definition) is 2. The molecule has 2 rings (SSSR count). The predicted octanol–water partition coefficient (Wildman–Crippen LogP) is 2.41. The minimum atomic E-state index is -0.443. The number of nitrogens with one attached hydrogen (secondary N) is 1. The molecule has 0 aromatic heterocycles. The molecule has 0 radical (unpaired) electrons. The van der Waals surface area contributed by atoms with Gasteiger partial charge in [0, 0.05) is 0 Å². The Morgan fingerprint density at radius 3 is 2.39 bits per heavy atom. The van der Waals surface area contributed by atoms with Gasteiger partial charge in [-0.05, 0) is 31.2 Å². The number of nitrogens with two attached hydrogens (primary N) is 1. The highest BCUT2D eigenvalue weighted by Gasteiger charge is 2.30. The van der Waals surface area contributed by atoms with E-state index < -0.39 is 6.04 Å². The lowest BCUT2D eigenvalue weighted by atomic mass is 9.77. The number of amides is 1. The van der Waals surface area contributed by atoms with Crippen LogP contribution in [0, 0.1) is 5.92 Å². The Hall–Kier alpha value is -1.06. The van der Waals surface area contributed by atoms with Gasteiger partial charge in [0.1, 0.15) is 0 Å². The van der Waals surface area contributed by atoms with E-state index in [-0.39, 0.29) is 24.4 Å². The van der Waals surface area contributed by atoms with Gasteiger partial charge >= 0.3 is 0 Å². The highest BCUT2D eigenvalue weighted by atomic mass is 35.5. The van der Waals surface area contributed by atoms with Crippen molar-refractivity contribution in [1.82, 2.24) is 5.32 Å². The summed E-state index contributed by atoms with van der Waals surface area (Å²) in [6.07, 6.45) is 3.65. The second-order valence-electron chi connectivity index (χ2n) is 4.88. The number of benzene rings is 1. The van der Waals surface area contributed by atoms with E-state index in [1.807, 2.05) is 18.2 Å². The molecule has 1 aliphatic rings. The summed E-state index contributed by atoms with van der Waals surface area (Å²) >= 11 is 0. The molecule has 1 unspecified atom stereocenters. The fraction of sp³-hybridized carbons (Fsp3) is 0.500. The lowest BCUT2D eigenvalue weighted by molar-refractivity contribution is -0.123. The highest BCUT2D eigenvalue weighted by molar-refractivity contribution is 5.85. The third kappa shape index (κ3) is 3.47. The molecule has 1 amide bonds. The standard InChI is InChI=1S/C14H20N2O.ClH/c1-10(15)14(17)16-13(12-8-5-9-12)11-6-3-2-4-7-11;/h2-4,6-7,10,12-13H,5,8-9,15H2,1H3,(H,16,17);1H/t10-,13?;/m0./s1. The van der Waals surface area contributed by atoms with E-state index >= 15 is 0 Å². The van der Waals surface area contributed by atoms with Crippen LogP contribution in [0.2, 0.25) is 0 Å². The van der Waals surface area contributed by atoms with Gasteiger partial charge in [0.2, 0.25) is 5.91 Å². The summed E-state index contributed by atoms with van der Waals surface area (Å²) in [6.45, 7) is 1.72. The van der Waals surface area contributed by atoms with Crippen LogP contribution >= 0.6 is 12.4 Å². The van der Waals surface area contributed by atoms with Gasteiger partial charge in [-0.3, -0.25) is 4.79 Å². The van der Waals surface area contributed by atoms with Crippen LogP contribution in [-0.4, -0.2) is 11.9 Å². The number of carbonyl (C=O) groups excluding carboxylic acids is 1. The van der Waals surface area contributed by atoms with E-state index in [0.29, 0.717) is 5.92 Å². The van der Waals surface area contributed by atoms with E-state index in [9.17, 15) is 4.79 Å². The van der Waals surface area contributed by atoms with Crippen molar-refractivity contribution in [1.29, 1.82) is 0 Å². The first kappa shape index (κ1) is 15.0. The first-order valence-corrected chi connectivity index (χ1v) is 6.29. The van der Waals surface area contributed by atoms with Crippen molar-refractivity contribution in [3.8, 4) is 0 Å². The molecule has 3 N–H and O–H groups in total. The molecule has 1 fully saturated rings. The maximum atomic E-state index is 11.7. The molecule has 1 saturated carbocycles. The lowest BCUT2D eigenvalue weighted by Gasteiger charge is -2.35. The maximum absolute atomic E-state index is 11.7. The second kappa shape index (κ2) is 6.76. The number of carbonyl (C=O) groups is 1. The van der Waals surface area contributed by atoms with Gasteiger partial charge in [-0.25, -0.2) is 0 Å². The molecular weight excluding hydrogens is 248 g/mol. The van der Waals surface area contributed by atoms with Crippen LogP contribution in [0.5, 0.6) is 0 Å². The van der Waals surface area contributed by atoms with Crippen LogP contribution in [0.4, 0.5) is 0 Å². The normalized spacial score (nSPS) is 18.1. The van der Waals surface area contributed by atoms with Crippen LogP contribution in [0.15, 0.2) is 30.3 Å². The van der Waals surface area contributed by atoms with Crippen LogP contribution in [-0.2, 0) is 4.79 Å². The number of rotatable bonds is 4. The van der Waals surface area contributed by atoms with E-state index in [1.54, 1.807) is 6.92 Å². The molecule has 100 valence electrons. The summed E-state index contributed by atoms with van der Waals surface area (Å²) in [5.41, 5.74) is 6.80. The summed E-state index contributed by atoms with van der Waals surface area (Å²) < 4.78 is 0. The summed E-state index contributed by atoms with van der Waals surface area (Å²) in [7, 11) is 0. The van der Waals surface area contributed by atoms with Gasteiger partial charge in [-0.2, -0.15) is 0 Å². The van der Waals surface area contributed by atoms with Gasteiger partial charge in [0.25, 0.3) is 0 Å². The van der Waals surface area contributed by atoms with Gasteiger partial charge < -0.3 is 11.1 Å². The molecule has 18 heavy (non-hydrogen) atoms. The monoisotopic (exact) mass is 268 g/mol. The van der Waals surface area contributed by atoms with Crippen LogP contribution in [0.3, 0.4) is 0 Å². The lowest BCUT2D eigenvalue weighted by Crippen LogP contribution is -2.43.